The molecule has 2 N–H and O–H groups in total. The molecule has 298 valence electrons. The van der Waals surface area contributed by atoms with Gasteiger partial charge in [-0.3, -0.25) is 4.72 Å². The molecule has 1 aliphatic heterocycles. The van der Waals surface area contributed by atoms with Crippen molar-refractivity contribution < 1.29 is 13.2 Å². The first-order valence-electron chi connectivity index (χ1n) is 19.4. The van der Waals surface area contributed by atoms with Gasteiger partial charge in [-0.15, -0.1) is 0 Å². The number of hydrogen-bond donors (Lipinski definition) is 2. The van der Waals surface area contributed by atoms with Gasteiger partial charge in [0.05, 0.1) is 16.9 Å². The maximum absolute atomic E-state index is 14.3. The Hall–Kier alpha value is -4.25. The molecule has 0 unspecified atom stereocenters. The van der Waals surface area contributed by atoms with E-state index in [0.717, 1.165) is 49.6 Å². The molecule has 1 saturated heterocycles. The molecule has 3 aromatic carbocycles. The topological polar surface area (TPSA) is 35.5 Å². The molecule has 1 fully saturated rings. The Bertz CT molecular complexity index is 2120. The van der Waals surface area contributed by atoms with Crippen molar-refractivity contribution in [2.45, 2.75) is 64.6 Å². The van der Waals surface area contributed by atoms with Crippen LogP contribution in [-0.2, 0) is 6.18 Å². The fraction of sp³-hybridized carbons (Fsp3) is 0.348. The van der Waals surface area contributed by atoms with E-state index in [9.17, 15) is 13.2 Å². The quantitative estimate of drug-likeness (QED) is 0.104. The van der Waals surface area contributed by atoms with E-state index in [1.165, 1.54) is 62.9 Å². The van der Waals surface area contributed by atoms with Gasteiger partial charge >= 0.3 is 6.18 Å². The number of aryl methyl sites for hydroxylation is 1. The number of nitrogens with one attached hydrogen (secondary N) is 2. The summed E-state index contributed by atoms with van der Waals surface area (Å²) in [6.07, 6.45) is 11.2. The summed E-state index contributed by atoms with van der Waals surface area (Å²) in [4.78, 5) is 6.40. The zero-order valence-corrected chi connectivity index (χ0v) is 35.4. The Kier molecular flexibility index (Phi) is 12.9. The minimum atomic E-state index is -4.49. The van der Waals surface area contributed by atoms with E-state index in [1.54, 1.807) is 12.1 Å². The van der Waals surface area contributed by atoms with Crippen LogP contribution in [0.25, 0.3) is 22.4 Å². The van der Waals surface area contributed by atoms with Crippen LogP contribution in [0.5, 0.6) is 0 Å². The minimum absolute atomic E-state index is 0.0721. The van der Waals surface area contributed by atoms with Gasteiger partial charge in [-0.05, 0) is 125 Å². The number of alkyl halides is 3. The summed E-state index contributed by atoms with van der Waals surface area (Å²) < 4.78 is 52.1. The van der Waals surface area contributed by atoms with Gasteiger partial charge in [0.25, 0.3) is 0 Å². The molecule has 2 heterocycles. The predicted octanol–water partition coefficient (Wildman–Crippen LogP) is 12.5. The van der Waals surface area contributed by atoms with Gasteiger partial charge in [0, 0.05) is 71.2 Å². The highest BCUT2D eigenvalue weighted by Gasteiger charge is 2.35. The van der Waals surface area contributed by atoms with Gasteiger partial charge in [0.1, 0.15) is 0 Å². The minimum Gasteiger partial charge on any atom is -0.370 e. The molecule has 56 heavy (non-hydrogen) atoms. The van der Waals surface area contributed by atoms with Crippen molar-refractivity contribution in [3.63, 3.8) is 0 Å². The molecular formula is C46H56F3N5S2. The standard InChI is InChI=1S/C46H56F3N5S2/c1-9-14-39(31-50-56(7,8)41-23-24-43(42(30-41)46(47,48)49)51-55-40-17-11-10-12-18-40)53-27-25-52(26-28-53)38-16-13-15-37(29-38)44-34(5)35(6)54(32(2)3)45(44)36-21-19-33(4)20-22-36/h9,11,13-24,29-30,32,50-51H,1,10,12,25-28,31H2,2-8H3/b39-14+. The van der Waals surface area contributed by atoms with Crippen LogP contribution in [0.15, 0.2) is 119 Å². The van der Waals surface area contributed by atoms with Gasteiger partial charge in [-0.1, -0.05) is 72.8 Å². The Morgan fingerprint density at radius 1 is 0.929 bits per heavy atom. The van der Waals surface area contributed by atoms with Crippen LogP contribution in [0, 0.1) is 20.8 Å². The second-order valence-corrected chi connectivity index (χ2v) is 19.6. The first-order chi connectivity index (χ1) is 26.7. The molecule has 0 radical (unpaired) electrons. The molecule has 0 spiro atoms. The summed E-state index contributed by atoms with van der Waals surface area (Å²) >= 11 is 1.22. The molecule has 4 aromatic rings. The lowest BCUT2D eigenvalue weighted by atomic mass is 9.96. The van der Waals surface area contributed by atoms with E-state index in [2.05, 4.69) is 114 Å². The van der Waals surface area contributed by atoms with E-state index >= 15 is 0 Å². The molecule has 0 saturated carbocycles. The van der Waals surface area contributed by atoms with Gasteiger partial charge < -0.3 is 19.1 Å². The molecular weight excluding hydrogens is 744 g/mol. The summed E-state index contributed by atoms with van der Waals surface area (Å²) in [6.45, 7) is 18.9. The third kappa shape index (κ3) is 9.30. The molecule has 2 aliphatic rings. The number of anilines is 2. The van der Waals surface area contributed by atoms with E-state index in [4.69, 9.17) is 0 Å². The smallest absolute Gasteiger partial charge is 0.370 e. The van der Waals surface area contributed by atoms with Crippen molar-refractivity contribution in [2.24, 2.45) is 0 Å². The Morgan fingerprint density at radius 2 is 1.66 bits per heavy atom. The second-order valence-electron chi connectivity index (χ2n) is 15.3. The summed E-state index contributed by atoms with van der Waals surface area (Å²) in [5.74, 6) is 0. The number of aromatic nitrogens is 1. The second kappa shape index (κ2) is 17.5. The number of hydrogen-bond acceptors (Lipinski definition) is 5. The molecule has 0 amide bonds. The van der Waals surface area contributed by atoms with Crippen molar-refractivity contribution in [1.29, 1.82) is 0 Å². The highest BCUT2D eigenvalue weighted by atomic mass is 32.3. The van der Waals surface area contributed by atoms with Crippen LogP contribution in [0.2, 0.25) is 0 Å². The largest absolute Gasteiger partial charge is 0.418 e. The Balaban J connectivity index is 1.15. The number of allylic oxidation sites excluding steroid dienone is 5. The number of benzene rings is 3. The van der Waals surface area contributed by atoms with Crippen molar-refractivity contribution >= 4 is 33.5 Å². The lowest BCUT2D eigenvalue weighted by Gasteiger charge is -2.40. The molecule has 0 bridgehead atoms. The fourth-order valence-electron chi connectivity index (χ4n) is 7.62. The zero-order valence-electron chi connectivity index (χ0n) is 33.8. The van der Waals surface area contributed by atoms with E-state index in [0.29, 0.717) is 17.5 Å². The Labute approximate surface area is 338 Å². The van der Waals surface area contributed by atoms with Crippen LogP contribution in [-0.4, -0.2) is 54.7 Å². The number of rotatable bonds is 13. The summed E-state index contributed by atoms with van der Waals surface area (Å²) in [7, 11) is -1.79. The van der Waals surface area contributed by atoms with Gasteiger partial charge in [0.15, 0.2) is 0 Å². The summed E-state index contributed by atoms with van der Waals surface area (Å²) in [5.41, 5.74) is 10.5. The molecule has 0 atom stereocenters. The van der Waals surface area contributed by atoms with Crippen LogP contribution < -0.4 is 14.3 Å². The highest BCUT2D eigenvalue weighted by molar-refractivity contribution is 8.31. The zero-order chi connectivity index (χ0) is 40.2. The first-order valence-corrected chi connectivity index (χ1v) is 22.6. The van der Waals surface area contributed by atoms with Crippen molar-refractivity contribution in [3.05, 3.63) is 137 Å². The van der Waals surface area contributed by atoms with Crippen LogP contribution >= 0.6 is 22.2 Å². The molecule has 5 nitrogen and oxygen atoms in total. The average molecular weight is 800 g/mol. The van der Waals surface area contributed by atoms with Crippen molar-refractivity contribution in [2.75, 3.05) is 54.9 Å². The maximum Gasteiger partial charge on any atom is 0.418 e. The SMILES string of the molecule is C=C/C=C(\CNS(C)(C)c1ccc(NSC2=CCCC=C2)c(C(F)(F)F)c1)N1CCN(c2cccc(-c3c(C)c(C)n(C(C)C)c3-c3ccc(C)cc3)c2)CC1. The lowest BCUT2D eigenvalue weighted by molar-refractivity contribution is -0.137. The summed E-state index contributed by atoms with van der Waals surface area (Å²) in [6, 6.07) is 22.8. The van der Waals surface area contributed by atoms with E-state index in [1.807, 2.05) is 42.9 Å². The monoisotopic (exact) mass is 799 g/mol. The number of piperazine rings is 1. The molecule has 10 heteroatoms. The van der Waals surface area contributed by atoms with Gasteiger partial charge in [-0.2, -0.15) is 23.4 Å². The molecule has 1 aliphatic carbocycles. The van der Waals surface area contributed by atoms with Crippen LogP contribution in [0.1, 0.15) is 55.1 Å². The third-order valence-electron chi connectivity index (χ3n) is 10.8. The Morgan fingerprint density at radius 3 is 2.30 bits per heavy atom. The maximum atomic E-state index is 14.3. The number of nitrogens with zero attached hydrogens (tertiary/aromatic N) is 3. The van der Waals surface area contributed by atoms with E-state index in [-0.39, 0.29) is 5.69 Å². The fourth-order valence-corrected chi connectivity index (χ4v) is 9.89. The predicted molar refractivity (Wildman–Crippen MR) is 237 cm³/mol. The van der Waals surface area contributed by atoms with Crippen LogP contribution in [0.3, 0.4) is 0 Å². The first kappa shape index (κ1) is 41.4. The van der Waals surface area contributed by atoms with Gasteiger partial charge in [0.2, 0.25) is 0 Å². The van der Waals surface area contributed by atoms with Crippen LogP contribution in [0.4, 0.5) is 24.5 Å². The summed E-state index contributed by atoms with van der Waals surface area (Å²) in [5, 5.41) is 0. The number of halogens is 3. The van der Waals surface area contributed by atoms with Crippen molar-refractivity contribution in [3.8, 4) is 22.4 Å². The highest BCUT2D eigenvalue weighted by Crippen LogP contribution is 2.49. The van der Waals surface area contributed by atoms with Gasteiger partial charge in [-0.25, -0.2) is 0 Å². The van der Waals surface area contributed by atoms with E-state index < -0.39 is 22.0 Å². The van der Waals surface area contributed by atoms with Crippen molar-refractivity contribution in [1.82, 2.24) is 14.2 Å². The molecule has 6 rings (SSSR count). The third-order valence-corrected chi connectivity index (χ3v) is 14.0. The normalized spacial score (nSPS) is 15.7. The average Bonchev–Trinajstić information content (AvgIpc) is 3.45. The molecule has 1 aromatic heterocycles. The lowest BCUT2D eigenvalue weighted by Crippen LogP contribution is -2.47.